The Balaban J connectivity index is 2.88. The Bertz CT molecular complexity index is 323. The molecule has 0 aromatic heterocycles. The third-order valence-corrected chi connectivity index (χ3v) is 2.43. The summed E-state index contributed by atoms with van der Waals surface area (Å²) in [5.41, 5.74) is 1.77. The Morgan fingerprint density at radius 1 is 1.43 bits per heavy atom. The molecule has 0 aliphatic rings. The molecule has 3 heteroatoms. The first-order valence-electron chi connectivity index (χ1n) is 4.60. The Morgan fingerprint density at radius 2 is 2.07 bits per heavy atom. The summed E-state index contributed by atoms with van der Waals surface area (Å²) in [5.74, 6) is -0.00458. The van der Waals surface area contributed by atoms with Crippen LogP contribution in [0, 0.1) is 0 Å². The zero-order valence-corrected chi connectivity index (χ0v) is 9.97. The number of rotatable bonds is 3. The third-order valence-electron chi connectivity index (χ3n) is 1.83. The fraction of sp³-hybridized carbons (Fsp3) is 0.364. The number of amides is 1. The van der Waals surface area contributed by atoms with Crippen molar-refractivity contribution in [3.63, 3.8) is 0 Å². The minimum atomic E-state index is -0.00458. The van der Waals surface area contributed by atoms with Gasteiger partial charge in [-0.3, -0.25) is 4.79 Å². The van der Waals surface area contributed by atoms with Crippen molar-refractivity contribution in [3.8, 4) is 0 Å². The average molecular weight is 256 g/mol. The first-order valence-corrected chi connectivity index (χ1v) is 5.72. The maximum absolute atomic E-state index is 11.7. The molecular weight excluding hydrogens is 242 g/mol. The molecule has 1 rings (SSSR count). The van der Waals surface area contributed by atoms with Crippen molar-refractivity contribution in [1.82, 2.24) is 5.32 Å². The highest BCUT2D eigenvalue weighted by Crippen LogP contribution is 2.12. The minimum Gasteiger partial charge on any atom is -0.350 e. The number of hydrogen-bond donors (Lipinski definition) is 1. The van der Waals surface area contributed by atoms with E-state index in [-0.39, 0.29) is 11.9 Å². The quantitative estimate of drug-likeness (QED) is 0.828. The van der Waals surface area contributed by atoms with Gasteiger partial charge in [-0.1, -0.05) is 34.1 Å². The molecule has 0 aliphatic heterocycles. The van der Waals surface area contributed by atoms with Crippen molar-refractivity contribution >= 4 is 21.8 Å². The summed E-state index contributed by atoms with van der Waals surface area (Å²) in [5, 5.41) is 3.58. The van der Waals surface area contributed by atoms with Gasteiger partial charge in [0.15, 0.2) is 0 Å². The average Bonchev–Trinajstić information content (AvgIpc) is 2.16. The summed E-state index contributed by atoms with van der Waals surface area (Å²) in [6.07, 6.45) is 0. The van der Waals surface area contributed by atoms with Crippen molar-refractivity contribution in [1.29, 1.82) is 0 Å². The van der Waals surface area contributed by atoms with Crippen molar-refractivity contribution in [2.75, 3.05) is 0 Å². The molecule has 0 heterocycles. The normalized spacial score (nSPS) is 10.3. The topological polar surface area (TPSA) is 29.1 Å². The number of alkyl halides is 1. The minimum absolute atomic E-state index is 0.00458. The monoisotopic (exact) mass is 255 g/mol. The van der Waals surface area contributed by atoms with Crippen LogP contribution in [0.3, 0.4) is 0 Å². The van der Waals surface area contributed by atoms with Crippen LogP contribution >= 0.6 is 15.9 Å². The smallest absolute Gasteiger partial charge is 0.251 e. The van der Waals surface area contributed by atoms with Gasteiger partial charge in [-0.05, 0) is 25.5 Å². The largest absolute Gasteiger partial charge is 0.350 e. The molecule has 1 aromatic rings. The molecule has 76 valence electrons. The van der Waals surface area contributed by atoms with E-state index in [2.05, 4.69) is 21.2 Å². The van der Waals surface area contributed by atoms with Crippen LogP contribution in [0.1, 0.15) is 29.8 Å². The van der Waals surface area contributed by atoms with Gasteiger partial charge in [0.25, 0.3) is 5.91 Å². The summed E-state index contributed by atoms with van der Waals surface area (Å²) in [6, 6.07) is 7.77. The van der Waals surface area contributed by atoms with E-state index in [0.717, 1.165) is 11.1 Å². The predicted octanol–water partition coefficient (Wildman–Crippen LogP) is 2.72. The van der Waals surface area contributed by atoms with E-state index < -0.39 is 0 Å². The number of carbonyl (C=O) groups excluding carboxylic acids is 1. The molecule has 0 unspecified atom stereocenters. The zero-order valence-electron chi connectivity index (χ0n) is 8.38. The number of hydrogen-bond acceptors (Lipinski definition) is 1. The lowest BCUT2D eigenvalue weighted by Crippen LogP contribution is -2.30. The molecule has 0 saturated carbocycles. The summed E-state index contributed by atoms with van der Waals surface area (Å²) < 4.78 is 0. The molecule has 0 bridgehead atoms. The summed E-state index contributed by atoms with van der Waals surface area (Å²) >= 11 is 3.36. The molecule has 0 spiro atoms. The van der Waals surface area contributed by atoms with Crippen molar-refractivity contribution in [2.24, 2.45) is 0 Å². The molecule has 0 aliphatic carbocycles. The molecule has 0 saturated heterocycles. The highest BCUT2D eigenvalue weighted by Gasteiger charge is 2.10. The molecule has 1 aromatic carbocycles. The molecule has 1 N–H and O–H groups in total. The van der Waals surface area contributed by atoms with Crippen molar-refractivity contribution < 1.29 is 4.79 Å². The standard InChI is InChI=1S/C11H14BrNO/c1-8(2)13-11(14)10-6-4-3-5-9(10)7-12/h3-6,8H,7H2,1-2H3,(H,13,14). The number of carbonyl (C=O) groups is 1. The van der Waals surface area contributed by atoms with E-state index in [1.54, 1.807) is 0 Å². The van der Waals surface area contributed by atoms with Crippen molar-refractivity contribution in [2.45, 2.75) is 25.2 Å². The molecule has 14 heavy (non-hydrogen) atoms. The molecule has 0 fully saturated rings. The fourth-order valence-electron chi connectivity index (χ4n) is 1.20. The van der Waals surface area contributed by atoms with Crippen LogP contribution in [-0.4, -0.2) is 11.9 Å². The first kappa shape index (κ1) is 11.2. The number of nitrogens with one attached hydrogen (secondary N) is 1. The maximum Gasteiger partial charge on any atom is 0.251 e. The summed E-state index contributed by atoms with van der Waals surface area (Å²) in [7, 11) is 0. The number of halogens is 1. The van der Waals surface area contributed by atoms with Gasteiger partial charge in [0.05, 0.1) is 0 Å². The van der Waals surface area contributed by atoms with E-state index in [1.165, 1.54) is 0 Å². The van der Waals surface area contributed by atoms with Crippen LogP contribution in [0.15, 0.2) is 24.3 Å². The summed E-state index contributed by atoms with van der Waals surface area (Å²) in [4.78, 5) is 11.7. The van der Waals surface area contributed by atoms with E-state index in [4.69, 9.17) is 0 Å². The number of benzene rings is 1. The predicted molar refractivity (Wildman–Crippen MR) is 61.7 cm³/mol. The molecule has 0 atom stereocenters. The highest BCUT2D eigenvalue weighted by molar-refractivity contribution is 9.08. The van der Waals surface area contributed by atoms with E-state index in [1.807, 2.05) is 38.1 Å². The molecule has 1 amide bonds. The Morgan fingerprint density at radius 3 is 2.64 bits per heavy atom. The van der Waals surface area contributed by atoms with Crippen LogP contribution < -0.4 is 5.32 Å². The summed E-state index contributed by atoms with van der Waals surface area (Å²) in [6.45, 7) is 3.91. The van der Waals surface area contributed by atoms with Crippen LogP contribution in [0.2, 0.25) is 0 Å². The van der Waals surface area contributed by atoms with E-state index in [9.17, 15) is 4.79 Å². The second-order valence-corrected chi connectivity index (χ2v) is 3.98. The highest BCUT2D eigenvalue weighted by atomic mass is 79.9. The Labute approximate surface area is 92.8 Å². The van der Waals surface area contributed by atoms with Gasteiger partial charge in [-0.25, -0.2) is 0 Å². The molecule has 2 nitrogen and oxygen atoms in total. The van der Waals surface area contributed by atoms with Crippen LogP contribution in [0.25, 0.3) is 0 Å². The first-order chi connectivity index (χ1) is 6.65. The van der Waals surface area contributed by atoms with Gasteiger partial charge in [-0.2, -0.15) is 0 Å². The van der Waals surface area contributed by atoms with Gasteiger partial charge in [0, 0.05) is 16.9 Å². The van der Waals surface area contributed by atoms with Gasteiger partial charge < -0.3 is 5.32 Å². The molecule has 0 radical (unpaired) electrons. The fourth-order valence-corrected chi connectivity index (χ4v) is 1.69. The lowest BCUT2D eigenvalue weighted by Gasteiger charge is -2.10. The third kappa shape index (κ3) is 2.84. The van der Waals surface area contributed by atoms with E-state index in [0.29, 0.717) is 5.33 Å². The van der Waals surface area contributed by atoms with Crippen LogP contribution in [0.4, 0.5) is 0 Å². The van der Waals surface area contributed by atoms with Gasteiger partial charge in [0.1, 0.15) is 0 Å². The van der Waals surface area contributed by atoms with Crippen LogP contribution in [-0.2, 0) is 5.33 Å². The Kier molecular flexibility index (Phi) is 4.14. The van der Waals surface area contributed by atoms with E-state index >= 15 is 0 Å². The van der Waals surface area contributed by atoms with Gasteiger partial charge in [0.2, 0.25) is 0 Å². The Hall–Kier alpha value is -0.830. The second kappa shape index (κ2) is 5.15. The van der Waals surface area contributed by atoms with Gasteiger partial charge >= 0.3 is 0 Å². The van der Waals surface area contributed by atoms with Crippen LogP contribution in [0.5, 0.6) is 0 Å². The van der Waals surface area contributed by atoms with Gasteiger partial charge in [-0.15, -0.1) is 0 Å². The SMILES string of the molecule is CC(C)NC(=O)c1ccccc1CBr. The molecular formula is C11H14BrNO. The van der Waals surface area contributed by atoms with Crippen molar-refractivity contribution in [3.05, 3.63) is 35.4 Å². The second-order valence-electron chi connectivity index (χ2n) is 3.42. The lowest BCUT2D eigenvalue weighted by molar-refractivity contribution is 0.0942. The maximum atomic E-state index is 11.7. The lowest BCUT2D eigenvalue weighted by atomic mass is 10.1. The zero-order chi connectivity index (χ0) is 10.6.